The SMILES string of the molecule is O=C(O)COc1ccccc1CN1CCC[C@H](Cc2ccn[nH]2)C1. The summed E-state index contributed by atoms with van der Waals surface area (Å²) in [6.45, 7) is 2.58. The van der Waals surface area contributed by atoms with Gasteiger partial charge in [-0.2, -0.15) is 5.10 Å². The predicted molar refractivity (Wildman–Crippen MR) is 89.9 cm³/mol. The fourth-order valence-electron chi connectivity index (χ4n) is 3.33. The molecule has 0 aliphatic carbocycles. The van der Waals surface area contributed by atoms with Crippen molar-refractivity contribution in [3.05, 3.63) is 47.8 Å². The number of piperidine rings is 1. The van der Waals surface area contributed by atoms with Gasteiger partial charge in [0.1, 0.15) is 5.75 Å². The fraction of sp³-hybridized carbons (Fsp3) is 0.444. The van der Waals surface area contributed by atoms with Gasteiger partial charge in [0.05, 0.1) is 0 Å². The van der Waals surface area contributed by atoms with Gasteiger partial charge in [-0.25, -0.2) is 4.79 Å². The number of ether oxygens (including phenoxy) is 1. The van der Waals surface area contributed by atoms with Gasteiger partial charge < -0.3 is 9.84 Å². The van der Waals surface area contributed by atoms with Crippen molar-refractivity contribution in [2.75, 3.05) is 19.7 Å². The molecule has 1 atom stereocenters. The van der Waals surface area contributed by atoms with Gasteiger partial charge in [-0.15, -0.1) is 0 Å². The van der Waals surface area contributed by atoms with Crippen LogP contribution in [0.15, 0.2) is 36.5 Å². The van der Waals surface area contributed by atoms with E-state index in [0.29, 0.717) is 11.7 Å². The number of para-hydroxylation sites is 1. The number of carbonyl (C=O) groups is 1. The van der Waals surface area contributed by atoms with Crippen LogP contribution >= 0.6 is 0 Å². The number of benzene rings is 1. The largest absolute Gasteiger partial charge is 0.482 e. The lowest BCUT2D eigenvalue weighted by atomic mass is 9.93. The van der Waals surface area contributed by atoms with Crippen molar-refractivity contribution in [2.45, 2.75) is 25.8 Å². The number of rotatable bonds is 7. The number of H-pyrrole nitrogens is 1. The first-order chi connectivity index (χ1) is 11.7. The molecule has 1 fully saturated rings. The molecule has 2 heterocycles. The molecule has 1 aromatic heterocycles. The van der Waals surface area contributed by atoms with Crippen LogP contribution in [0, 0.1) is 5.92 Å². The van der Waals surface area contributed by atoms with E-state index in [1.165, 1.54) is 18.5 Å². The van der Waals surface area contributed by atoms with Crippen LogP contribution in [0.3, 0.4) is 0 Å². The summed E-state index contributed by atoms with van der Waals surface area (Å²) in [4.78, 5) is 13.1. The molecule has 0 unspecified atom stereocenters. The molecule has 6 heteroatoms. The van der Waals surface area contributed by atoms with Gasteiger partial charge in [-0.05, 0) is 43.9 Å². The molecule has 1 aliphatic heterocycles. The highest BCUT2D eigenvalue weighted by molar-refractivity contribution is 5.68. The Hall–Kier alpha value is -2.34. The van der Waals surface area contributed by atoms with Crippen molar-refractivity contribution in [3.8, 4) is 5.75 Å². The molecule has 1 aromatic carbocycles. The molecule has 1 saturated heterocycles. The lowest BCUT2D eigenvalue weighted by molar-refractivity contribution is -0.139. The van der Waals surface area contributed by atoms with Crippen LogP contribution in [-0.2, 0) is 17.8 Å². The molecule has 0 radical (unpaired) electrons. The van der Waals surface area contributed by atoms with Gasteiger partial charge in [-0.1, -0.05) is 18.2 Å². The average molecular weight is 329 g/mol. The number of carboxylic acid groups (broad SMARTS) is 1. The van der Waals surface area contributed by atoms with Crippen molar-refractivity contribution in [3.63, 3.8) is 0 Å². The fourth-order valence-corrected chi connectivity index (χ4v) is 3.33. The first-order valence-electron chi connectivity index (χ1n) is 8.34. The third-order valence-corrected chi connectivity index (χ3v) is 4.39. The predicted octanol–water partition coefficient (Wildman–Crippen LogP) is 2.33. The molecule has 0 saturated carbocycles. The van der Waals surface area contributed by atoms with E-state index >= 15 is 0 Å². The second-order valence-electron chi connectivity index (χ2n) is 6.32. The Balaban J connectivity index is 1.60. The average Bonchev–Trinajstić information content (AvgIpc) is 3.07. The summed E-state index contributed by atoms with van der Waals surface area (Å²) < 4.78 is 5.41. The third kappa shape index (κ3) is 4.58. The van der Waals surface area contributed by atoms with Crippen molar-refractivity contribution in [1.82, 2.24) is 15.1 Å². The molecule has 2 N–H and O–H groups in total. The zero-order valence-corrected chi connectivity index (χ0v) is 13.6. The molecule has 2 aromatic rings. The minimum absolute atomic E-state index is 0.306. The van der Waals surface area contributed by atoms with Gasteiger partial charge in [0.2, 0.25) is 0 Å². The maximum absolute atomic E-state index is 10.7. The highest BCUT2D eigenvalue weighted by Gasteiger charge is 2.21. The number of nitrogens with zero attached hydrogens (tertiary/aromatic N) is 2. The van der Waals surface area contributed by atoms with Gasteiger partial charge in [0.15, 0.2) is 6.61 Å². The van der Waals surface area contributed by atoms with E-state index < -0.39 is 5.97 Å². The quantitative estimate of drug-likeness (QED) is 0.815. The van der Waals surface area contributed by atoms with Crippen LogP contribution < -0.4 is 4.74 Å². The minimum Gasteiger partial charge on any atom is -0.482 e. The molecule has 3 rings (SSSR count). The highest BCUT2D eigenvalue weighted by Crippen LogP contribution is 2.25. The van der Waals surface area contributed by atoms with Gasteiger partial charge in [-0.3, -0.25) is 10.00 Å². The van der Waals surface area contributed by atoms with Crippen LogP contribution in [0.5, 0.6) is 5.75 Å². The number of aliphatic carboxylic acids is 1. The molecule has 0 bridgehead atoms. The van der Waals surface area contributed by atoms with Crippen LogP contribution in [0.2, 0.25) is 0 Å². The van der Waals surface area contributed by atoms with Crippen molar-refractivity contribution < 1.29 is 14.6 Å². The first kappa shape index (κ1) is 16.5. The molecule has 128 valence electrons. The first-order valence-corrected chi connectivity index (χ1v) is 8.34. The maximum atomic E-state index is 10.7. The van der Waals surface area contributed by atoms with Crippen molar-refractivity contribution >= 4 is 5.97 Å². The number of hydrogen-bond donors (Lipinski definition) is 2. The lowest BCUT2D eigenvalue weighted by Gasteiger charge is -2.33. The topological polar surface area (TPSA) is 78.5 Å². The van der Waals surface area contributed by atoms with E-state index in [1.807, 2.05) is 30.3 Å². The van der Waals surface area contributed by atoms with E-state index in [-0.39, 0.29) is 6.61 Å². The Morgan fingerprint density at radius 3 is 3.04 bits per heavy atom. The molecule has 1 aliphatic rings. The van der Waals surface area contributed by atoms with Crippen LogP contribution in [0.1, 0.15) is 24.1 Å². The lowest BCUT2D eigenvalue weighted by Crippen LogP contribution is -2.35. The number of nitrogens with one attached hydrogen (secondary N) is 1. The second kappa shape index (κ2) is 7.97. The Kier molecular flexibility index (Phi) is 5.48. The highest BCUT2D eigenvalue weighted by atomic mass is 16.5. The number of hydrogen-bond acceptors (Lipinski definition) is 4. The summed E-state index contributed by atoms with van der Waals surface area (Å²) in [5.41, 5.74) is 2.23. The standard InChI is InChI=1S/C18H23N3O3/c22-18(23)13-24-17-6-2-1-5-15(17)12-21-9-3-4-14(11-21)10-16-7-8-19-20-16/h1-2,5-8,14H,3-4,9-13H2,(H,19,20)(H,22,23)/t14-/m1/s1. The minimum atomic E-state index is -0.956. The maximum Gasteiger partial charge on any atom is 0.341 e. The van der Waals surface area contributed by atoms with Crippen molar-refractivity contribution in [2.24, 2.45) is 5.92 Å². The van der Waals surface area contributed by atoms with Crippen LogP contribution in [0.4, 0.5) is 0 Å². The summed E-state index contributed by atoms with van der Waals surface area (Å²) in [6.07, 6.45) is 5.23. The monoisotopic (exact) mass is 329 g/mol. The molecule has 0 spiro atoms. The number of carboxylic acids is 1. The molecular formula is C18H23N3O3. The zero-order chi connectivity index (χ0) is 16.8. The van der Waals surface area contributed by atoms with Gasteiger partial charge >= 0.3 is 5.97 Å². The van der Waals surface area contributed by atoms with E-state index in [9.17, 15) is 4.79 Å². The van der Waals surface area contributed by atoms with Crippen LogP contribution in [-0.4, -0.2) is 45.9 Å². The van der Waals surface area contributed by atoms with Crippen LogP contribution in [0.25, 0.3) is 0 Å². The smallest absolute Gasteiger partial charge is 0.341 e. The van der Waals surface area contributed by atoms with E-state index in [2.05, 4.69) is 15.1 Å². The van der Waals surface area contributed by atoms with E-state index in [1.54, 1.807) is 6.20 Å². The van der Waals surface area contributed by atoms with E-state index in [4.69, 9.17) is 9.84 Å². The summed E-state index contributed by atoms with van der Waals surface area (Å²) in [7, 11) is 0. The Bertz CT molecular complexity index is 657. The summed E-state index contributed by atoms with van der Waals surface area (Å²) in [5.74, 6) is 0.323. The summed E-state index contributed by atoms with van der Waals surface area (Å²) in [6, 6.07) is 9.72. The Morgan fingerprint density at radius 2 is 2.25 bits per heavy atom. The third-order valence-electron chi connectivity index (χ3n) is 4.39. The number of aromatic nitrogens is 2. The summed E-state index contributed by atoms with van der Waals surface area (Å²) >= 11 is 0. The summed E-state index contributed by atoms with van der Waals surface area (Å²) in [5, 5.41) is 15.9. The second-order valence-corrected chi connectivity index (χ2v) is 6.32. The number of likely N-dealkylation sites (tertiary alicyclic amines) is 1. The normalized spacial score (nSPS) is 18.4. The van der Waals surface area contributed by atoms with Gasteiger partial charge in [0.25, 0.3) is 0 Å². The van der Waals surface area contributed by atoms with Gasteiger partial charge in [0, 0.05) is 30.5 Å². The Morgan fingerprint density at radius 1 is 1.38 bits per heavy atom. The molecule has 0 amide bonds. The Labute approximate surface area is 141 Å². The molecule has 24 heavy (non-hydrogen) atoms. The molecular weight excluding hydrogens is 306 g/mol. The number of aromatic amines is 1. The van der Waals surface area contributed by atoms with E-state index in [0.717, 1.165) is 31.6 Å². The molecule has 6 nitrogen and oxygen atoms in total. The van der Waals surface area contributed by atoms with Crippen molar-refractivity contribution in [1.29, 1.82) is 0 Å². The zero-order valence-electron chi connectivity index (χ0n) is 13.6.